The van der Waals surface area contributed by atoms with Crippen molar-refractivity contribution < 1.29 is 15.0 Å². The number of phenolic OH excluding ortho intramolecular Hbond substituents is 1. The predicted octanol–water partition coefficient (Wildman–Crippen LogP) is 2.70. The summed E-state index contributed by atoms with van der Waals surface area (Å²) in [6.45, 7) is 2.02. The van der Waals surface area contributed by atoms with Crippen molar-refractivity contribution in [3.8, 4) is 5.75 Å². The van der Waals surface area contributed by atoms with E-state index in [4.69, 9.17) is 0 Å². The van der Waals surface area contributed by atoms with Gasteiger partial charge in [-0.2, -0.15) is 0 Å². The first kappa shape index (κ1) is 13.1. The third kappa shape index (κ3) is 1.67. The second-order valence-corrected chi connectivity index (χ2v) is 6.99. The number of aliphatic hydroxyl groups is 1. The third-order valence-electron chi connectivity index (χ3n) is 5.92. The molecule has 0 radical (unpaired) electrons. The van der Waals surface area contributed by atoms with Gasteiger partial charge in [-0.3, -0.25) is 4.79 Å². The van der Waals surface area contributed by atoms with Gasteiger partial charge in [0.2, 0.25) is 0 Å². The number of aryl methyl sites for hydroxylation is 1. The Hall–Kier alpha value is -1.61. The van der Waals surface area contributed by atoms with E-state index in [1.54, 1.807) is 6.07 Å². The number of hydrogen-bond acceptors (Lipinski definition) is 3. The van der Waals surface area contributed by atoms with Crippen LogP contribution in [0.4, 0.5) is 0 Å². The Kier molecular flexibility index (Phi) is 2.62. The van der Waals surface area contributed by atoms with Gasteiger partial charge in [0.1, 0.15) is 11.9 Å². The number of fused-ring (bicyclic) bond motifs is 5. The van der Waals surface area contributed by atoms with E-state index in [1.165, 1.54) is 16.7 Å². The summed E-state index contributed by atoms with van der Waals surface area (Å²) in [6, 6.07) is 5.60. The van der Waals surface area contributed by atoms with Crippen molar-refractivity contribution in [2.24, 2.45) is 17.3 Å². The molecular formula is C18H20O3. The fraction of sp³-hybridized carbons (Fsp3) is 0.500. The van der Waals surface area contributed by atoms with E-state index >= 15 is 0 Å². The maximum atomic E-state index is 12.3. The van der Waals surface area contributed by atoms with Crippen LogP contribution >= 0.6 is 0 Å². The smallest absolute Gasteiger partial charge is 0.167 e. The molecule has 2 N–H and O–H groups in total. The van der Waals surface area contributed by atoms with Gasteiger partial charge in [0.25, 0.3) is 0 Å². The number of rotatable bonds is 0. The summed E-state index contributed by atoms with van der Waals surface area (Å²) >= 11 is 0. The summed E-state index contributed by atoms with van der Waals surface area (Å²) in [7, 11) is 0. The maximum Gasteiger partial charge on any atom is 0.167 e. The molecule has 3 aliphatic rings. The largest absolute Gasteiger partial charge is 0.508 e. The molecule has 0 aliphatic heterocycles. The third-order valence-corrected chi connectivity index (χ3v) is 5.92. The average molecular weight is 284 g/mol. The lowest BCUT2D eigenvalue weighted by atomic mass is 9.60. The first-order valence-corrected chi connectivity index (χ1v) is 7.75. The monoisotopic (exact) mass is 284 g/mol. The highest BCUT2D eigenvalue weighted by Gasteiger charge is 2.55. The number of ketones is 1. The zero-order chi connectivity index (χ0) is 14.8. The molecule has 3 aliphatic carbocycles. The van der Waals surface area contributed by atoms with Crippen molar-refractivity contribution in [1.82, 2.24) is 0 Å². The van der Waals surface area contributed by atoms with Crippen molar-refractivity contribution >= 4 is 11.4 Å². The van der Waals surface area contributed by atoms with Crippen molar-refractivity contribution in [3.63, 3.8) is 0 Å². The summed E-state index contributed by atoms with van der Waals surface area (Å²) in [5.74, 6) is 0.961. The zero-order valence-corrected chi connectivity index (χ0v) is 12.2. The molecule has 110 valence electrons. The number of aliphatic hydroxyl groups excluding tert-OH is 1. The van der Waals surface area contributed by atoms with Crippen molar-refractivity contribution in [1.29, 1.82) is 0 Å². The average Bonchev–Trinajstić information content (AvgIpc) is 2.70. The Balaban J connectivity index is 1.80. The van der Waals surface area contributed by atoms with E-state index in [-0.39, 0.29) is 17.1 Å². The van der Waals surface area contributed by atoms with Gasteiger partial charge < -0.3 is 10.2 Å². The number of aromatic hydroxyl groups is 1. The number of carbonyl (C=O) groups is 1. The number of benzene rings is 1. The molecule has 1 fully saturated rings. The number of allylic oxidation sites excluding steroid dienone is 2. The second-order valence-electron chi connectivity index (χ2n) is 6.99. The van der Waals surface area contributed by atoms with Crippen LogP contribution in [0, 0.1) is 17.3 Å². The summed E-state index contributed by atoms with van der Waals surface area (Å²) in [5.41, 5.74) is 3.36. The van der Waals surface area contributed by atoms with E-state index in [9.17, 15) is 15.0 Å². The Morgan fingerprint density at radius 1 is 1.33 bits per heavy atom. The molecule has 4 atom stereocenters. The van der Waals surface area contributed by atoms with Gasteiger partial charge in [-0.25, -0.2) is 0 Å². The second kappa shape index (κ2) is 4.20. The van der Waals surface area contributed by atoms with Gasteiger partial charge in [0.05, 0.1) is 0 Å². The van der Waals surface area contributed by atoms with E-state index in [0.717, 1.165) is 19.3 Å². The number of Topliss-reactive ketones (excluding diaryl/α,β-unsaturated/α-hetero) is 1. The Morgan fingerprint density at radius 3 is 2.95 bits per heavy atom. The van der Waals surface area contributed by atoms with Gasteiger partial charge in [-0.05, 0) is 66.4 Å². The predicted molar refractivity (Wildman–Crippen MR) is 79.7 cm³/mol. The lowest BCUT2D eigenvalue weighted by molar-refractivity contribution is -0.132. The molecule has 3 nitrogen and oxygen atoms in total. The molecule has 0 aromatic heterocycles. The maximum absolute atomic E-state index is 12.3. The van der Waals surface area contributed by atoms with Crippen LogP contribution in [0.3, 0.4) is 0 Å². The lowest BCUT2D eigenvalue weighted by Gasteiger charge is -2.43. The van der Waals surface area contributed by atoms with E-state index in [2.05, 4.69) is 6.08 Å². The summed E-state index contributed by atoms with van der Waals surface area (Å²) in [4.78, 5) is 12.3. The van der Waals surface area contributed by atoms with Crippen LogP contribution in [0.2, 0.25) is 0 Å². The SMILES string of the molecule is C[C@]12CC=C3c4ccc(O)cc4CC[C@H]3[C@@H]1C[C@@H](O)C2=O. The molecule has 0 heterocycles. The first-order chi connectivity index (χ1) is 10.0. The minimum absolute atomic E-state index is 0.0271. The van der Waals surface area contributed by atoms with Crippen LogP contribution in [0.25, 0.3) is 5.57 Å². The van der Waals surface area contributed by atoms with Crippen LogP contribution in [-0.2, 0) is 11.2 Å². The number of carbonyl (C=O) groups excluding carboxylic acids is 1. The van der Waals surface area contributed by atoms with Gasteiger partial charge in [0.15, 0.2) is 5.78 Å². The van der Waals surface area contributed by atoms with Gasteiger partial charge >= 0.3 is 0 Å². The molecule has 3 heteroatoms. The Labute approximate surface area is 124 Å². The normalized spacial score (nSPS) is 37.5. The van der Waals surface area contributed by atoms with Crippen LogP contribution in [0.15, 0.2) is 24.3 Å². The highest BCUT2D eigenvalue weighted by Crippen LogP contribution is 2.56. The fourth-order valence-electron chi connectivity index (χ4n) is 4.77. The standard InChI is InChI=1S/C18H20O3/c1-18-7-6-13-12-5-3-11(19)8-10(12)2-4-14(13)15(18)9-16(20)17(18)21/h3,5-6,8,14-16,19-20H,2,4,7,9H2,1H3/t14-,15+,16-,18+/m1/s1. The molecule has 21 heavy (non-hydrogen) atoms. The Morgan fingerprint density at radius 2 is 2.14 bits per heavy atom. The highest BCUT2D eigenvalue weighted by molar-refractivity contribution is 5.93. The Bertz CT molecular complexity index is 660. The molecule has 1 aromatic rings. The number of hydrogen-bond donors (Lipinski definition) is 2. The minimum atomic E-state index is -0.783. The minimum Gasteiger partial charge on any atom is -0.508 e. The lowest BCUT2D eigenvalue weighted by Crippen LogP contribution is -2.38. The first-order valence-electron chi connectivity index (χ1n) is 7.75. The summed E-state index contributed by atoms with van der Waals surface area (Å²) < 4.78 is 0. The molecule has 0 unspecified atom stereocenters. The topological polar surface area (TPSA) is 57.5 Å². The summed E-state index contributed by atoms with van der Waals surface area (Å²) in [5, 5.41) is 19.7. The van der Waals surface area contributed by atoms with Crippen LogP contribution < -0.4 is 0 Å². The molecular weight excluding hydrogens is 264 g/mol. The van der Waals surface area contributed by atoms with Crippen molar-refractivity contribution in [2.45, 2.75) is 38.7 Å². The van der Waals surface area contributed by atoms with Gasteiger partial charge in [-0.1, -0.05) is 19.1 Å². The number of phenols is 1. The molecule has 0 amide bonds. The quantitative estimate of drug-likeness (QED) is 0.770. The molecule has 0 bridgehead atoms. The zero-order valence-electron chi connectivity index (χ0n) is 12.2. The molecule has 0 saturated heterocycles. The molecule has 4 rings (SSSR count). The fourth-order valence-corrected chi connectivity index (χ4v) is 4.77. The molecule has 1 aromatic carbocycles. The van der Waals surface area contributed by atoms with Crippen LogP contribution in [0.5, 0.6) is 5.75 Å². The van der Waals surface area contributed by atoms with Crippen LogP contribution in [0.1, 0.15) is 37.3 Å². The van der Waals surface area contributed by atoms with E-state index < -0.39 is 6.10 Å². The van der Waals surface area contributed by atoms with E-state index in [0.29, 0.717) is 18.1 Å². The van der Waals surface area contributed by atoms with Gasteiger partial charge in [-0.15, -0.1) is 0 Å². The van der Waals surface area contributed by atoms with E-state index in [1.807, 2.05) is 19.1 Å². The van der Waals surface area contributed by atoms with Crippen LogP contribution in [-0.4, -0.2) is 22.1 Å². The van der Waals surface area contributed by atoms with Crippen molar-refractivity contribution in [3.05, 3.63) is 35.4 Å². The van der Waals surface area contributed by atoms with Gasteiger partial charge in [0, 0.05) is 5.41 Å². The summed E-state index contributed by atoms with van der Waals surface area (Å²) in [6.07, 6.45) is 4.68. The van der Waals surface area contributed by atoms with Crippen molar-refractivity contribution in [2.75, 3.05) is 0 Å². The highest BCUT2D eigenvalue weighted by atomic mass is 16.3. The molecule has 1 saturated carbocycles. The molecule has 0 spiro atoms.